The first-order valence-electron chi connectivity index (χ1n) is 6.53. The van der Waals surface area contributed by atoms with Crippen LogP contribution in [0.1, 0.15) is 19.4 Å². The first-order valence-corrected chi connectivity index (χ1v) is 10.1. The second-order valence-corrected chi connectivity index (χ2v) is 11.9. The Bertz CT molecular complexity index is 361. The van der Waals surface area contributed by atoms with E-state index in [0.717, 1.165) is 5.56 Å². The lowest BCUT2D eigenvalue weighted by atomic mass is 10.0. The molecule has 0 radical (unpaired) electrons. The van der Waals surface area contributed by atoms with E-state index in [1.807, 2.05) is 37.3 Å². The molecule has 1 nitrogen and oxygen atoms in total. The van der Waals surface area contributed by atoms with E-state index in [1.54, 1.807) is 0 Å². The maximum absolute atomic E-state index is 13.4. The molecule has 2 atom stereocenters. The van der Waals surface area contributed by atoms with Crippen LogP contribution < -0.4 is 0 Å². The molecule has 0 N–H and O–H groups in total. The fraction of sp³-hybridized carbons (Fsp3) is 0.600. The summed E-state index contributed by atoms with van der Waals surface area (Å²) in [6.07, 6.45) is 0. The summed E-state index contributed by atoms with van der Waals surface area (Å²) in [5.74, 6) is 0. The molecule has 0 spiro atoms. The van der Waals surface area contributed by atoms with E-state index in [-0.39, 0.29) is 5.54 Å². The number of benzene rings is 1. The predicted octanol–water partition coefficient (Wildman–Crippen LogP) is 4.66. The fourth-order valence-electron chi connectivity index (χ4n) is 2.02. The van der Waals surface area contributed by atoms with Gasteiger partial charge in [-0.2, -0.15) is 0 Å². The minimum absolute atomic E-state index is 0.277. The van der Waals surface area contributed by atoms with Crippen LogP contribution in [0.4, 0.5) is 4.39 Å². The van der Waals surface area contributed by atoms with Gasteiger partial charge in [-0.05, 0) is 18.0 Å². The van der Waals surface area contributed by atoms with Crippen LogP contribution in [0.3, 0.4) is 0 Å². The van der Waals surface area contributed by atoms with Gasteiger partial charge in [-0.15, -0.1) is 0 Å². The smallest absolute Gasteiger partial charge is 0.118 e. The number of hydrogen-bond donors (Lipinski definition) is 0. The van der Waals surface area contributed by atoms with Crippen molar-refractivity contribution in [3.8, 4) is 0 Å². The Morgan fingerprint density at radius 2 is 1.78 bits per heavy atom. The van der Waals surface area contributed by atoms with Crippen molar-refractivity contribution >= 4 is 8.07 Å². The Morgan fingerprint density at radius 3 is 2.22 bits per heavy atom. The van der Waals surface area contributed by atoms with Crippen LogP contribution in [0.15, 0.2) is 30.3 Å². The van der Waals surface area contributed by atoms with Crippen LogP contribution in [0.25, 0.3) is 0 Å². The lowest BCUT2D eigenvalue weighted by molar-refractivity contribution is -0.0613. The number of halogens is 1. The second kappa shape index (κ2) is 5.98. The summed E-state index contributed by atoms with van der Waals surface area (Å²) in [6, 6.07) is 9.96. The van der Waals surface area contributed by atoms with E-state index < -0.39 is 20.3 Å². The van der Waals surface area contributed by atoms with E-state index in [9.17, 15) is 4.39 Å². The van der Waals surface area contributed by atoms with E-state index in [4.69, 9.17) is 4.74 Å². The van der Waals surface area contributed by atoms with E-state index in [1.165, 1.54) is 0 Å². The van der Waals surface area contributed by atoms with Gasteiger partial charge >= 0.3 is 0 Å². The highest BCUT2D eigenvalue weighted by atomic mass is 28.3. The maximum atomic E-state index is 13.4. The lowest BCUT2D eigenvalue weighted by Gasteiger charge is -2.40. The van der Waals surface area contributed by atoms with E-state index in [0.29, 0.717) is 6.61 Å². The quantitative estimate of drug-likeness (QED) is 0.682. The van der Waals surface area contributed by atoms with Crippen molar-refractivity contribution in [3.05, 3.63) is 35.9 Å². The second-order valence-electron chi connectivity index (χ2n) is 6.31. The molecule has 2 unspecified atom stereocenters. The highest BCUT2D eigenvalue weighted by molar-refractivity contribution is 6.77. The Hall–Kier alpha value is -0.673. The van der Waals surface area contributed by atoms with Crippen LogP contribution in [0.5, 0.6) is 0 Å². The minimum atomic E-state index is -1.42. The zero-order chi connectivity index (χ0) is 13.8. The van der Waals surface area contributed by atoms with Crippen LogP contribution in [0.2, 0.25) is 25.2 Å². The molecule has 1 aromatic carbocycles. The zero-order valence-electron chi connectivity index (χ0n) is 12.2. The molecule has 102 valence electrons. The highest BCUT2D eigenvalue weighted by Gasteiger charge is 2.40. The molecule has 0 fully saturated rings. The summed E-state index contributed by atoms with van der Waals surface area (Å²) < 4.78 is 19.3. The minimum Gasteiger partial charge on any atom is -0.368 e. The fourth-order valence-corrected chi connectivity index (χ4v) is 4.01. The van der Waals surface area contributed by atoms with Crippen molar-refractivity contribution in [1.29, 1.82) is 0 Å². The molecule has 0 aliphatic carbocycles. The SMILES string of the molecule is CC(C(C)(CF)OCc1ccccc1)[Si](C)(C)C. The molecule has 0 saturated heterocycles. The van der Waals surface area contributed by atoms with Gasteiger partial charge in [0.2, 0.25) is 0 Å². The normalized spacial score (nSPS) is 17.2. The molecule has 18 heavy (non-hydrogen) atoms. The third-order valence-electron chi connectivity index (χ3n) is 3.89. The maximum Gasteiger partial charge on any atom is 0.118 e. The van der Waals surface area contributed by atoms with Gasteiger partial charge < -0.3 is 4.74 Å². The molecule has 0 aliphatic heterocycles. The third kappa shape index (κ3) is 3.92. The van der Waals surface area contributed by atoms with Crippen LogP contribution in [0, 0.1) is 0 Å². The number of ether oxygens (including phenoxy) is 1. The average Bonchev–Trinajstić information content (AvgIpc) is 2.35. The first-order chi connectivity index (χ1) is 8.29. The van der Waals surface area contributed by atoms with Gasteiger partial charge in [0.1, 0.15) is 6.67 Å². The highest BCUT2D eigenvalue weighted by Crippen LogP contribution is 2.36. The summed E-state index contributed by atoms with van der Waals surface area (Å²) >= 11 is 0. The molecule has 0 amide bonds. The molecule has 3 heteroatoms. The summed E-state index contributed by atoms with van der Waals surface area (Å²) in [6.45, 7) is 10.9. The van der Waals surface area contributed by atoms with E-state index >= 15 is 0 Å². The zero-order valence-corrected chi connectivity index (χ0v) is 13.2. The van der Waals surface area contributed by atoms with Gasteiger partial charge in [-0.25, -0.2) is 4.39 Å². The Balaban J connectivity index is 2.72. The molecular formula is C15H25FOSi. The monoisotopic (exact) mass is 268 g/mol. The van der Waals surface area contributed by atoms with Crippen LogP contribution in [-0.4, -0.2) is 20.3 Å². The topological polar surface area (TPSA) is 9.23 Å². The third-order valence-corrected chi connectivity index (χ3v) is 7.10. The van der Waals surface area contributed by atoms with Gasteiger partial charge in [0, 0.05) is 0 Å². The predicted molar refractivity (Wildman–Crippen MR) is 78.4 cm³/mol. The van der Waals surface area contributed by atoms with Crippen LogP contribution in [-0.2, 0) is 11.3 Å². The Labute approximate surface area is 111 Å². The van der Waals surface area contributed by atoms with Crippen molar-refractivity contribution in [3.63, 3.8) is 0 Å². The molecule has 0 aromatic heterocycles. The number of hydrogen-bond acceptors (Lipinski definition) is 1. The van der Waals surface area contributed by atoms with Crippen molar-refractivity contribution in [2.75, 3.05) is 6.67 Å². The Kier molecular flexibility index (Phi) is 5.11. The van der Waals surface area contributed by atoms with Gasteiger partial charge in [0.15, 0.2) is 0 Å². The van der Waals surface area contributed by atoms with Crippen molar-refractivity contribution < 1.29 is 9.13 Å². The van der Waals surface area contributed by atoms with Crippen molar-refractivity contribution in [2.45, 2.75) is 51.2 Å². The van der Waals surface area contributed by atoms with Gasteiger partial charge in [-0.1, -0.05) is 56.9 Å². The number of rotatable bonds is 6. The molecule has 1 rings (SSSR count). The molecule has 0 saturated carbocycles. The van der Waals surface area contributed by atoms with Gasteiger partial charge in [-0.3, -0.25) is 0 Å². The molecule has 0 heterocycles. The van der Waals surface area contributed by atoms with Crippen molar-refractivity contribution in [2.24, 2.45) is 0 Å². The molecular weight excluding hydrogens is 243 g/mol. The summed E-state index contributed by atoms with van der Waals surface area (Å²) in [7, 11) is -1.42. The average molecular weight is 268 g/mol. The summed E-state index contributed by atoms with van der Waals surface area (Å²) in [5.41, 5.74) is 0.707. The molecule has 0 aliphatic rings. The van der Waals surface area contributed by atoms with E-state index in [2.05, 4.69) is 26.6 Å². The molecule has 1 aromatic rings. The molecule has 0 bridgehead atoms. The first kappa shape index (κ1) is 15.4. The summed E-state index contributed by atoms with van der Waals surface area (Å²) in [4.78, 5) is 0. The van der Waals surface area contributed by atoms with Crippen LogP contribution >= 0.6 is 0 Å². The summed E-state index contributed by atoms with van der Waals surface area (Å²) in [5, 5.41) is 0. The Morgan fingerprint density at radius 1 is 1.22 bits per heavy atom. The standard InChI is InChI=1S/C15H25FOSi/c1-13(18(3,4)5)15(2,12-16)17-11-14-9-7-6-8-10-14/h6-10,13H,11-12H2,1-5H3. The van der Waals surface area contributed by atoms with Crippen molar-refractivity contribution in [1.82, 2.24) is 0 Å². The lowest BCUT2D eigenvalue weighted by Crippen LogP contribution is -2.46. The van der Waals surface area contributed by atoms with Gasteiger partial charge in [0.25, 0.3) is 0 Å². The number of alkyl halides is 1. The largest absolute Gasteiger partial charge is 0.368 e. The van der Waals surface area contributed by atoms with Gasteiger partial charge in [0.05, 0.1) is 20.3 Å².